The normalized spacial score (nSPS) is 17.5. The highest BCUT2D eigenvalue weighted by Crippen LogP contribution is 2.36. The molecule has 4 rings (SSSR count). The summed E-state index contributed by atoms with van der Waals surface area (Å²) in [7, 11) is 0. The summed E-state index contributed by atoms with van der Waals surface area (Å²) in [5, 5.41) is 4.42. The molecule has 0 radical (unpaired) electrons. The van der Waals surface area contributed by atoms with Gasteiger partial charge in [-0.2, -0.15) is 4.98 Å². The van der Waals surface area contributed by atoms with E-state index in [0.29, 0.717) is 18.7 Å². The molecular formula is C15H15N5O2S. The van der Waals surface area contributed by atoms with Crippen molar-refractivity contribution in [2.24, 2.45) is 0 Å². The Hall–Kier alpha value is -2.45. The van der Waals surface area contributed by atoms with Crippen molar-refractivity contribution in [3.8, 4) is 5.88 Å². The van der Waals surface area contributed by atoms with Crippen molar-refractivity contribution in [1.29, 1.82) is 0 Å². The Morgan fingerprint density at radius 2 is 2.26 bits per heavy atom. The number of hydrogen-bond donors (Lipinski definition) is 3. The topological polar surface area (TPSA) is 106 Å². The van der Waals surface area contributed by atoms with Crippen LogP contribution in [0.5, 0.6) is 5.88 Å². The van der Waals surface area contributed by atoms with E-state index >= 15 is 0 Å². The number of aromatic nitrogens is 3. The van der Waals surface area contributed by atoms with E-state index in [2.05, 4.69) is 20.3 Å². The van der Waals surface area contributed by atoms with E-state index in [1.807, 2.05) is 25.1 Å². The van der Waals surface area contributed by atoms with E-state index in [0.717, 1.165) is 20.8 Å². The van der Waals surface area contributed by atoms with Crippen LogP contribution in [0.2, 0.25) is 0 Å². The number of nitrogens with zero attached hydrogens (tertiary/aromatic N) is 2. The first-order valence-corrected chi connectivity index (χ1v) is 8.07. The maximum absolute atomic E-state index is 11.6. The number of para-hydroxylation sites is 1. The molecule has 0 aliphatic carbocycles. The van der Waals surface area contributed by atoms with Gasteiger partial charge < -0.3 is 15.8 Å². The second-order valence-corrected chi connectivity index (χ2v) is 6.57. The van der Waals surface area contributed by atoms with Gasteiger partial charge in [0.05, 0.1) is 26.8 Å². The summed E-state index contributed by atoms with van der Waals surface area (Å²) < 4.78 is 6.70. The molecule has 2 aromatic heterocycles. The lowest BCUT2D eigenvalue weighted by atomic mass is 9.99. The van der Waals surface area contributed by atoms with Crippen molar-refractivity contribution in [2.45, 2.75) is 13.0 Å². The smallest absolute Gasteiger partial charge is 0.349 e. The monoisotopic (exact) mass is 329 g/mol. The Kier molecular flexibility index (Phi) is 3.28. The Labute approximate surface area is 135 Å². The van der Waals surface area contributed by atoms with Crippen LogP contribution in [-0.4, -0.2) is 28.1 Å². The molecule has 0 saturated carbocycles. The van der Waals surface area contributed by atoms with Crippen LogP contribution in [0.1, 0.15) is 22.2 Å². The zero-order valence-electron chi connectivity index (χ0n) is 12.4. The molecule has 0 fully saturated rings. The molecule has 118 valence electrons. The number of nitrogens with two attached hydrogens (primary N) is 1. The molecule has 8 heteroatoms. The Bertz CT molecular complexity index is 949. The number of anilines is 1. The molecule has 1 atom stereocenters. The third-order valence-corrected chi connectivity index (χ3v) is 4.75. The molecule has 0 saturated heterocycles. The number of thiazole rings is 1. The van der Waals surface area contributed by atoms with Gasteiger partial charge in [0.25, 0.3) is 0 Å². The molecule has 23 heavy (non-hydrogen) atoms. The average molecular weight is 329 g/mol. The minimum atomic E-state index is -0.510. The molecule has 3 heterocycles. The number of fused-ring (bicyclic) bond motifs is 2. The van der Waals surface area contributed by atoms with Gasteiger partial charge in [-0.15, -0.1) is 11.3 Å². The Morgan fingerprint density at radius 1 is 1.39 bits per heavy atom. The van der Waals surface area contributed by atoms with E-state index in [1.54, 1.807) is 11.3 Å². The van der Waals surface area contributed by atoms with Crippen LogP contribution in [0.25, 0.3) is 10.2 Å². The number of hydrogen-bond acceptors (Lipinski definition) is 7. The summed E-state index contributed by atoms with van der Waals surface area (Å²) in [6.07, 6.45) is 0. The van der Waals surface area contributed by atoms with Crippen LogP contribution in [-0.2, 0) is 0 Å². The van der Waals surface area contributed by atoms with Crippen LogP contribution in [0, 0.1) is 6.92 Å². The summed E-state index contributed by atoms with van der Waals surface area (Å²) in [6, 6.07) is 5.82. The molecule has 0 spiro atoms. The molecule has 1 aromatic carbocycles. The zero-order chi connectivity index (χ0) is 16.0. The van der Waals surface area contributed by atoms with Crippen LogP contribution >= 0.6 is 11.3 Å². The average Bonchev–Trinajstić information content (AvgIpc) is 2.75. The molecule has 1 aliphatic rings. The van der Waals surface area contributed by atoms with Crippen LogP contribution in [0.4, 0.5) is 5.82 Å². The van der Waals surface area contributed by atoms with Gasteiger partial charge in [0.2, 0.25) is 5.88 Å². The van der Waals surface area contributed by atoms with Gasteiger partial charge in [-0.25, -0.2) is 9.78 Å². The maximum atomic E-state index is 11.6. The lowest BCUT2D eigenvalue weighted by Crippen LogP contribution is -2.25. The lowest BCUT2D eigenvalue weighted by Gasteiger charge is -2.19. The predicted octanol–water partition coefficient (Wildman–Crippen LogP) is 1.34. The minimum Gasteiger partial charge on any atom is -0.476 e. The highest BCUT2D eigenvalue weighted by atomic mass is 32.1. The van der Waals surface area contributed by atoms with E-state index in [4.69, 9.17) is 10.5 Å². The van der Waals surface area contributed by atoms with Crippen molar-refractivity contribution >= 4 is 27.4 Å². The fourth-order valence-corrected chi connectivity index (χ4v) is 3.76. The maximum Gasteiger partial charge on any atom is 0.349 e. The molecule has 3 aromatic rings. The van der Waals surface area contributed by atoms with Gasteiger partial charge in [0, 0.05) is 12.1 Å². The summed E-state index contributed by atoms with van der Waals surface area (Å²) in [5.41, 5.74) is 8.13. The molecule has 1 unspecified atom stereocenters. The molecule has 0 bridgehead atoms. The third-order valence-electron chi connectivity index (χ3n) is 3.81. The SMILES string of the molecule is Cc1nc2c(C3NCCOc4nc(=O)[nH]c(N)c43)cccc2s1. The van der Waals surface area contributed by atoms with Crippen molar-refractivity contribution in [3.05, 3.63) is 44.8 Å². The number of nitrogen functional groups attached to an aromatic ring is 1. The Morgan fingerprint density at radius 3 is 3.13 bits per heavy atom. The van der Waals surface area contributed by atoms with Crippen LogP contribution in [0.3, 0.4) is 0 Å². The minimum absolute atomic E-state index is 0.234. The quantitative estimate of drug-likeness (QED) is 0.622. The van der Waals surface area contributed by atoms with Crippen molar-refractivity contribution in [3.63, 3.8) is 0 Å². The molecule has 0 amide bonds. The standard InChI is InChI=1S/C15H15N5O2S/c1-7-18-11-8(3-2-4-9(11)23-7)12-10-13(16)19-15(21)20-14(10)22-6-5-17-12/h2-4,12,17H,5-6H2,1H3,(H3,16,19,20,21). The summed E-state index contributed by atoms with van der Waals surface area (Å²) >= 11 is 1.65. The molecular weight excluding hydrogens is 314 g/mol. The van der Waals surface area contributed by atoms with Crippen molar-refractivity contribution in [2.75, 3.05) is 18.9 Å². The number of benzene rings is 1. The van der Waals surface area contributed by atoms with Crippen molar-refractivity contribution < 1.29 is 4.74 Å². The van der Waals surface area contributed by atoms with Crippen LogP contribution < -0.4 is 21.5 Å². The first kappa shape index (κ1) is 14.2. The van der Waals surface area contributed by atoms with E-state index in [9.17, 15) is 4.79 Å². The molecule has 4 N–H and O–H groups in total. The van der Waals surface area contributed by atoms with Gasteiger partial charge in [0.15, 0.2) is 0 Å². The molecule has 7 nitrogen and oxygen atoms in total. The number of ether oxygens (including phenoxy) is 1. The fraction of sp³-hybridized carbons (Fsp3) is 0.267. The van der Waals surface area contributed by atoms with Gasteiger partial charge >= 0.3 is 5.69 Å². The predicted molar refractivity (Wildman–Crippen MR) is 89.0 cm³/mol. The highest BCUT2D eigenvalue weighted by Gasteiger charge is 2.27. The Balaban J connectivity index is 1.97. The fourth-order valence-electron chi connectivity index (χ4n) is 2.90. The number of rotatable bonds is 1. The third kappa shape index (κ3) is 2.36. The van der Waals surface area contributed by atoms with Gasteiger partial charge in [-0.05, 0) is 13.0 Å². The summed E-state index contributed by atoms with van der Waals surface area (Å²) in [6.45, 7) is 3.03. The first-order chi connectivity index (χ1) is 11.1. The van der Waals surface area contributed by atoms with Crippen LogP contribution in [0.15, 0.2) is 23.0 Å². The second kappa shape index (κ2) is 5.32. The second-order valence-electron chi connectivity index (χ2n) is 5.34. The number of aryl methyl sites for hydroxylation is 1. The summed E-state index contributed by atoms with van der Waals surface area (Å²) in [4.78, 5) is 22.7. The largest absolute Gasteiger partial charge is 0.476 e. The van der Waals surface area contributed by atoms with E-state index in [-0.39, 0.29) is 17.7 Å². The number of H-pyrrole nitrogens is 1. The van der Waals surface area contributed by atoms with E-state index < -0.39 is 5.69 Å². The van der Waals surface area contributed by atoms with Gasteiger partial charge in [-0.1, -0.05) is 12.1 Å². The van der Waals surface area contributed by atoms with E-state index in [1.165, 1.54) is 0 Å². The number of nitrogens with one attached hydrogen (secondary N) is 2. The zero-order valence-corrected chi connectivity index (χ0v) is 13.2. The lowest BCUT2D eigenvalue weighted by molar-refractivity contribution is 0.312. The van der Waals surface area contributed by atoms with Gasteiger partial charge in [-0.3, -0.25) is 4.98 Å². The molecule has 1 aliphatic heterocycles. The highest BCUT2D eigenvalue weighted by molar-refractivity contribution is 7.18. The first-order valence-electron chi connectivity index (χ1n) is 7.25. The number of aromatic amines is 1. The van der Waals surface area contributed by atoms with Crippen molar-refractivity contribution in [1.82, 2.24) is 20.3 Å². The summed E-state index contributed by atoms with van der Waals surface area (Å²) in [5.74, 6) is 0.550. The van der Waals surface area contributed by atoms with Gasteiger partial charge in [0.1, 0.15) is 12.4 Å².